The summed E-state index contributed by atoms with van der Waals surface area (Å²) in [6, 6.07) is 0. The van der Waals surface area contributed by atoms with Gasteiger partial charge < -0.3 is 0 Å². The van der Waals surface area contributed by atoms with Crippen molar-refractivity contribution < 1.29 is 4.39 Å². The summed E-state index contributed by atoms with van der Waals surface area (Å²) in [5, 5.41) is 0. The molecular formula is C8H17FIN. The minimum Gasteiger partial charge on any atom is -0.297 e. The maximum absolute atomic E-state index is 12.2. The predicted octanol–water partition coefficient (Wildman–Crippen LogP) is 2.86. The van der Waals surface area contributed by atoms with Crippen LogP contribution in [0.4, 0.5) is 4.39 Å². The molecule has 0 heterocycles. The number of hydrogen-bond donors (Lipinski definition) is 0. The predicted molar refractivity (Wildman–Crippen MR) is 58.0 cm³/mol. The molecule has 0 radical (unpaired) electrons. The van der Waals surface area contributed by atoms with Crippen molar-refractivity contribution in [2.45, 2.75) is 19.5 Å². The van der Waals surface area contributed by atoms with Gasteiger partial charge in [-0.15, -0.1) is 13.2 Å². The molecule has 3 heteroatoms. The molecule has 0 N–H and O–H groups in total. The maximum atomic E-state index is 12.2. The summed E-state index contributed by atoms with van der Waals surface area (Å²) < 4.78 is 13.1. The fourth-order valence-corrected chi connectivity index (χ4v) is 0.799. The van der Waals surface area contributed by atoms with Crippen LogP contribution in [0.25, 0.3) is 0 Å². The largest absolute Gasteiger partial charge is 0.297 e. The number of halogens is 2. The second kappa shape index (κ2) is 10.4. The second-order valence-corrected chi connectivity index (χ2v) is 2.95. The third kappa shape index (κ3) is 13.4. The molecule has 68 valence electrons. The molecule has 0 aliphatic heterocycles. The Balaban J connectivity index is 0. The Morgan fingerprint density at radius 3 is 2.27 bits per heavy atom. The lowest BCUT2D eigenvalue weighted by Gasteiger charge is -2.12. The molecule has 0 fully saturated rings. The Morgan fingerprint density at radius 1 is 1.55 bits per heavy atom. The summed E-state index contributed by atoms with van der Waals surface area (Å²) in [5.74, 6) is 0. The second-order valence-electron chi connectivity index (χ2n) is 2.27. The molecule has 0 amide bonds. The van der Waals surface area contributed by atoms with E-state index in [1.54, 1.807) is 6.92 Å². The van der Waals surface area contributed by atoms with Crippen LogP contribution in [0.5, 0.6) is 0 Å². The molecule has 0 saturated heterocycles. The van der Waals surface area contributed by atoms with Crippen LogP contribution < -0.4 is 0 Å². The first kappa shape index (κ1) is 13.9. The molecule has 0 rings (SSSR count). The molecule has 0 saturated carbocycles. The van der Waals surface area contributed by atoms with Crippen molar-refractivity contribution in [1.82, 2.24) is 4.90 Å². The van der Waals surface area contributed by atoms with E-state index in [1.165, 1.54) is 0 Å². The van der Waals surface area contributed by atoms with Crippen molar-refractivity contribution in [3.63, 3.8) is 0 Å². The van der Waals surface area contributed by atoms with Crippen LogP contribution >= 0.6 is 22.6 Å². The Morgan fingerprint density at radius 2 is 2.00 bits per heavy atom. The Labute approximate surface area is 82.8 Å². The van der Waals surface area contributed by atoms with E-state index in [4.69, 9.17) is 0 Å². The third-order valence-corrected chi connectivity index (χ3v) is 2.28. The topological polar surface area (TPSA) is 3.24 Å². The zero-order valence-electron chi connectivity index (χ0n) is 7.32. The fourth-order valence-electron chi connectivity index (χ4n) is 0.458. The van der Waals surface area contributed by atoms with E-state index in [0.717, 1.165) is 11.1 Å². The highest BCUT2D eigenvalue weighted by Crippen LogP contribution is 1.98. The normalized spacial score (nSPS) is 12.1. The van der Waals surface area contributed by atoms with Crippen molar-refractivity contribution in [2.24, 2.45) is 0 Å². The van der Waals surface area contributed by atoms with E-state index in [-0.39, 0.29) is 0 Å². The van der Waals surface area contributed by atoms with Gasteiger partial charge in [0.25, 0.3) is 0 Å². The van der Waals surface area contributed by atoms with E-state index in [2.05, 4.69) is 40.6 Å². The minimum absolute atomic E-state index is 0.652. The number of rotatable bonds is 4. The lowest BCUT2D eigenvalue weighted by Crippen LogP contribution is -2.19. The molecule has 1 unspecified atom stereocenters. The monoisotopic (exact) mass is 273 g/mol. The third-order valence-electron chi connectivity index (χ3n) is 1.11. The smallest absolute Gasteiger partial charge is 0.0985 e. The van der Waals surface area contributed by atoms with Gasteiger partial charge in [0, 0.05) is 6.54 Å². The average molecular weight is 273 g/mol. The van der Waals surface area contributed by atoms with Crippen molar-refractivity contribution in [3.05, 3.63) is 13.2 Å². The van der Waals surface area contributed by atoms with Crippen molar-refractivity contribution in [3.8, 4) is 0 Å². The molecular weight excluding hydrogens is 256 g/mol. The molecule has 11 heavy (non-hydrogen) atoms. The molecule has 0 aliphatic rings. The average Bonchev–Trinajstić information content (AvgIpc) is 2.04. The molecule has 0 spiro atoms. The van der Waals surface area contributed by atoms with E-state index in [0.29, 0.717) is 6.42 Å². The van der Waals surface area contributed by atoms with Gasteiger partial charge in [-0.2, -0.15) is 0 Å². The van der Waals surface area contributed by atoms with Crippen LogP contribution in [0.2, 0.25) is 0 Å². The van der Waals surface area contributed by atoms with Crippen molar-refractivity contribution >= 4 is 22.6 Å². The quantitative estimate of drug-likeness (QED) is 0.329. The van der Waals surface area contributed by atoms with Gasteiger partial charge in [0.2, 0.25) is 0 Å². The number of hydrogen-bond acceptors (Lipinski definition) is 1. The van der Waals surface area contributed by atoms with Gasteiger partial charge in [0.05, 0.1) is 10.7 Å². The van der Waals surface area contributed by atoms with Crippen LogP contribution in [0.15, 0.2) is 13.2 Å². The maximum Gasteiger partial charge on any atom is 0.0985 e. The molecule has 0 aromatic carbocycles. The van der Waals surface area contributed by atoms with Gasteiger partial charge >= 0.3 is 0 Å². The molecule has 0 aromatic heterocycles. The van der Waals surface area contributed by atoms with Crippen LogP contribution in [0.3, 0.4) is 0 Å². The van der Waals surface area contributed by atoms with Crippen LogP contribution in [0.1, 0.15) is 13.3 Å². The van der Waals surface area contributed by atoms with E-state index in [1.807, 2.05) is 7.05 Å². The lowest BCUT2D eigenvalue weighted by atomic mass is 10.3. The lowest BCUT2D eigenvalue weighted by molar-refractivity contribution is 0.289. The first-order valence-corrected chi connectivity index (χ1v) is 5.08. The molecule has 1 atom stereocenters. The van der Waals surface area contributed by atoms with Gasteiger partial charge in [0.1, 0.15) is 0 Å². The summed E-state index contributed by atoms with van der Waals surface area (Å²) in [7, 11) is 1.99. The standard InChI is InChI=1S/C6H13FIN.C2H4/c1-6(7)3-4-9(2)5-8;1-2/h6H,3-5H2,1-2H3;1-2H2. The Hall–Kier alpha value is 0.360. The molecule has 0 aromatic rings. The van der Waals surface area contributed by atoms with Crippen LogP contribution in [-0.2, 0) is 0 Å². The van der Waals surface area contributed by atoms with E-state index < -0.39 is 6.17 Å². The summed E-state index contributed by atoms with van der Waals surface area (Å²) >= 11 is 2.26. The number of nitrogens with zero attached hydrogens (tertiary/aromatic N) is 1. The first-order chi connectivity index (χ1) is 5.16. The number of alkyl halides is 2. The highest BCUT2D eigenvalue weighted by molar-refractivity contribution is 14.1. The zero-order chi connectivity index (χ0) is 9.28. The highest BCUT2D eigenvalue weighted by atomic mass is 127. The minimum atomic E-state index is -0.657. The molecule has 1 nitrogen and oxygen atoms in total. The Kier molecular flexibility index (Phi) is 13.1. The van der Waals surface area contributed by atoms with Gasteiger partial charge in [-0.1, -0.05) is 22.6 Å². The van der Waals surface area contributed by atoms with Gasteiger partial charge in [-0.05, 0) is 20.4 Å². The van der Waals surface area contributed by atoms with Gasteiger partial charge in [-0.25, -0.2) is 4.39 Å². The summed E-state index contributed by atoms with van der Waals surface area (Å²) in [6.07, 6.45) is -0.00475. The van der Waals surface area contributed by atoms with Crippen molar-refractivity contribution in [1.29, 1.82) is 0 Å². The summed E-state index contributed by atoms with van der Waals surface area (Å²) in [4.78, 5) is 2.09. The molecule has 0 bridgehead atoms. The summed E-state index contributed by atoms with van der Waals surface area (Å²) in [6.45, 7) is 8.46. The highest BCUT2D eigenvalue weighted by Gasteiger charge is 1.99. The van der Waals surface area contributed by atoms with Crippen LogP contribution in [-0.4, -0.2) is 29.2 Å². The first-order valence-electron chi connectivity index (χ1n) is 3.55. The molecule has 0 aliphatic carbocycles. The fraction of sp³-hybridized carbons (Fsp3) is 0.750. The van der Waals surface area contributed by atoms with E-state index >= 15 is 0 Å². The Bertz CT molecular complexity index is 78.5. The summed E-state index contributed by atoms with van der Waals surface area (Å²) in [5.41, 5.74) is 0. The zero-order valence-corrected chi connectivity index (χ0v) is 9.47. The van der Waals surface area contributed by atoms with Gasteiger partial charge in [-0.3, -0.25) is 4.90 Å². The van der Waals surface area contributed by atoms with Crippen LogP contribution in [0, 0.1) is 0 Å². The van der Waals surface area contributed by atoms with E-state index in [9.17, 15) is 4.39 Å². The SMILES string of the molecule is C=C.CC(F)CCN(C)CI. The van der Waals surface area contributed by atoms with Gasteiger partial charge in [0.15, 0.2) is 0 Å². The van der Waals surface area contributed by atoms with Crippen molar-refractivity contribution in [2.75, 3.05) is 18.1 Å².